The summed E-state index contributed by atoms with van der Waals surface area (Å²) in [5, 5.41) is 20.6. The number of hydrogen-bond acceptors (Lipinski definition) is 7. The minimum absolute atomic E-state index is 0.504. The Morgan fingerprint density at radius 1 is 1.26 bits per heavy atom. The van der Waals surface area contributed by atoms with Crippen molar-refractivity contribution < 1.29 is 0 Å². The van der Waals surface area contributed by atoms with E-state index in [2.05, 4.69) is 42.5 Å². The zero-order valence-electron chi connectivity index (χ0n) is 13.5. The van der Waals surface area contributed by atoms with E-state index in [0.717, 1.165) is 42.6 Å². The predicted molar refractivity (Wildman–Crippen MR) is 84.0 cm³/mol. The molecule has 0 amide bonds. The second-order valence-corrected chi connectivity index (χ2v) is 6.03. The maximum absolute atomic E-state index is 4.62. The summed E-state index contributed by atoms with van der Waals surface area (Å²) in [5.74, 6) is 1.77. The van der Waals surface area contributed by atoms with Gasteiger partial charge in [-0.25, -0.2) is 0 Å². The first-order valence-corrected chi connectivity index (χ1v) is 7.59. The molecular formula is C14H19N9. The smallest absolute Gasteiger partial charge is 0.178 e. The lowest BCUT2D eigenvalue weighted by Crippen LogP contribution is -2.58. The molecule has 1 saturated heterocycles. The van der Waals surface area contributed by atoms with Crippen molar-refractivity contribution in [2.24, 2.45) is 7.05 Å². The molecule has 120 valence electrons. The highest BCUT2D eigenvalue weighted by atomic mass is 15.4. The fourth-order valence-corrected chi connectivity index (χ4v) is 2.81. The van der Waals surface area contributed by atoms with E-state index >= 15 is 0 Å². The lowest BCUT2D eigenvalue weighted by molar-refractivity contribution is 0.192. The van der Waals surface area contributed by atoms with Gasteiger partial charge in [0.1, 0.15) is 5.82 Å². The van der Waals surface area contributed by atoms with Crippen molar-refractivity contribution in [3.8, 4) is 0 Å². The highest BCUT2D eigenvalue weighted by Crippen LogP contribution is 2.22. The molecule has 1 fully saturated rings. The maximum Gasteiger partial charge on any atom is 0.178 e. The number of likely N-dealkylation sites (N-methyl/N-ethyl adjacent to an activating group) is 1. The van der Waals surface area contributed by atoms with Crippen LogP contribution in [0.3, 0.4) is 0 Å². The molecule has 4 rings (SSSR count). The van der Waals surface area contributed by atoms with Crippen LogP contribution in [0.4, 0.5) is 5.82 Å². The van der Waals surface area contributed by atoms with E-state index in [9.17, 15) is 0 Å². The van der Waals surface area contributed by atoms with Crippen LogP contribution < -0.4 is 4.90 Å². The first kappa shape index (κ1) is 14.1. The normalized spacial score (nSPS) is 15.6. The third-order valence-electron chi connectivity index (χ3n) is 4.43. The zero-order valence-corrected chi connectivity index (χ0v) is 13.5. The average molecular weight is 313 g/mol. The van der Waals surface area contributed by atoms with E-state index in [1.807, 2.05) is 37.0 Å². The van der Waals surface area contributed by atoms with Crippen molar-refractivity contribution in [3.63, 3.8) is 0 Å². The molecule has 0 saturated carbocycles. The van der Waals surface area contributed by atoms with Crippen LogP contribution in [0.15, 0.2) is 18.3 Å². The molecule has 0 atom stereocenters. The van der Waals surface area contributed by atoms with Gasteiger partial charge in [0, 0.05) is 32.7 Å². The molecule has 3 aromatic rings. The van der Waals surface area contributed by atoms with Crippen molar-refractivity contribution >= 4 is 11.5 Å². The molecule has 9 nitrogen and oxygen atoms in total. The number of fused-ring (bicyclic) bond motifs is 1. The third-order valence-corrected chi connectivity index (χ3v) is 4.43. The van der Waals surface area contributed by atoms with Gasteiger partial charge in [0.05, 0.1) is 11.9 Å². The van der Waals surface area contributed by atoms with Gasteiger partial charge in [-0.2, -0.15) is 4.52 Å². The van der Waals surface area contributed by atoms with E-state index in [0.29, 0.717) is 6.04 Å². The van der Waals surface area contributed by atoms with E-state index in [4.69, 9.17) is 0 Å². The Bertz CT molecular complexity index is 830. The summed E-state index contributed by atoms with van der Waals surface area (Å²) in [5.41, 5.74) is 1.90. The van der Waals surface area contributed by atoms with E-state index in [-0.39, 0.29) is 0 Å². The Morgan fingerprint density at radius 3 is 2.83 bits per heavy atom. The van der Waals surface area contributed by atoms with Crippen LogP contribution in [-0.2, 0) is 13.6 Å². The summed E-state index contributed by atoms with van der Waals surface area (Å²) < 4.78 is 3.60. The van der Waals surface area contributed by atoms with Crippen molar-refractivity contribution in [2.45, 2.75) is 19.5 Å². The molecule has 9 heteroatoms. The summed E-state index contributed by atoms with van der Waals surface area (Å²) in [6, 6.07) is 4.47. The molecule has 0 aliphatic carbocycles. The molecule has 0 unspecified atom stereocenters. The molecule has 0 N–H and O–H groups in total. The zero-order chi connectivity index (χ0) is 16.0. The quantitative estimate of drug-likeness (QED) is 0.664. The fourth-order valence-electron chi connectivity index (χ4n) is 2.81. The second-order valence-electron chi connectivity index (χ2n) is 6.03. The molecular weight excluding hydrogens is 294 g/mol. The molecule has 3 aromatic heterocycles. The Balaban J connectivity index is 1.42. The Morgan fingerprint density at radius 2 is 2.09 bits per heavy atom. The standard InChI is InChI=1S/C14H19N9/c1-10-16-17-13-4-5-14(18-23(10)13)22-8-12(9-22)20(2)7-11-6-15-19-21(11)3/h4-6,12H,7-9H2,1-3H3. The monoisotopic (exact) mass is 313 g/mol. The molecule has 4 heterocycles. The fraction of sp³-hybridized carbons (Fsp3) is 0.500. The van der Waals surface area contributed by atoms with Gasteiger partial charge in [-0.1, -0.05) is 5.21 Å². The summed E-state index contributed by atoms with van der Waals surface area (Å²) in [7, 11) is 4.06. The number of rotatable bonds is 4. The van der Waals surface area contributed by atoms with Crippen molar-refractivity contribution in [2.75, 3.05) is 25.0 Å². The largest absolute Gasteiger partial charge is 0.352 e. The summed E-state index contributed by atoms with van der Waals surface area (Å²) in [6.07, 6.45) is 1.82. The second kappa shape index (κ2) is 5.27. The Kier molecular flexibility index (Phi) is 3.22. The maximum atomic E-state index is 4.62. The third kappa shape index (κ3) is 2.42. The molecule has 0 aromatic carbocycles. The van der Waals surface area contributed by atoms with Crippen LogP contribution >= 0.6 is 0 Å². The molecule has 0 radical (unpaired) electrons. The minimum atomic E-state index is 0.504. The first-order chi connectivity index (χ1) is 11.1. The predicted octanol–water partition coefficient (Wildman–Crippen LogP) is -0.118. The Hall–Kier alpha value is -2.55. The molecule has 1 aliphatic rings. The van der Waals surface area contributed by atoms with Crippen LogP contribution in [0.25, 0.3) is 5.65 Å². The highest BCUT2D eigenvalue weighted by Gasteiger charge is 2.31. The number of anilines is 1. The SMILES string of the molecule is Cc1nnc2ccc(N3CC(N(C)Cc4cnnn4C)C3)nn12. The van der Waals surface area contributed by atoms with Gasteiger partial charge >= 0.3 is 0 Å². The number of nitrogens with zero attached hydrogens (tertiary/aromatic N) is 9. The van der Waals surface area contributed by atoms with Crippen LogP contribution in [0.1, 0.15) is 11.5 Å². The molecule has 1 aliphatic heterocycles. The Labute approximate surface area is 133 Å². The van der Waals surface area contributed by atoms with Crippen LogP contribution in [0.2, 0.25) is 0 Å². The summed E-state index contributed by atoms with van der Waals surface area (Å²) >= 11 is 0. The van der Waals surface area contributed by atoms with Gasteiger partial charge in [-0.05, 0) is 26.1 Å². The van der Waals surface area contributed by atoms with Crippen molar-refractivity contribution in [1.82, 2.24) is 39.7 Å². The van der Waals surface area contributed by atoms with Gasteiger partial charge in [0.25, 0.3) is 0 Å². The van der Waals surface area contributed by atoms with Crippen molar-refractivity contribution in [3.05, 3.63) is 29.8 Å². The van der Waals surface area contributed by atoms with E-state index < -0.39 is 0 Å². The molecule has 0 bridgehead atoms. The van der Waals surface area contributed by atoms with Crippen LogP contribution in [-0.4, -0.2) is 65.9 Å². The lowest BCUT2D eigenvalue weighted by atomic mass is 10.1. The summed E-state index contributed by atoms with van der Waals surface area (Å²) in [4.78, 5) is 4.60. The molecule has 0 spiro atoms. The van der Waals surface area contributed by atoms with Gasteiger partial charge in [0.2, 0.25) is 0 Å². The number of aromatic nitrogens is 7. The average Bonchev–Trinajstić information content (AvgIpc) is 3.05. The van der Waals surface area contributed by atoms with Gasteiger partial charge in [0.15, 0.2) is 11.5 Å². The van der Waals surface area contributed by atoms with Gasteiger partial charge < -0.3 is 4.90 Å². The first-order valence-electron chi connectivity index (χ1n) is 7.59. The number of aryl methyl sites for hydroxylation is 2. The lowest BCUT2D eigenvalue weighted by Gasteiger charge is -2.44. The van der Waals surface area contributed by atoms with Gasteiger partial charge in [-0.15, -0.1) is 20.4 Å². The van der Waals surface area contributed by atoms with E-state index in [1.165, 1.54) is 0 Å². The van der Waals surface area contributed by atoms with Gasteiger partial charge in [-0.3, -0.25) is 9.58 Å². The van der Waals surface area contributed by atoms with E-state index in [1.54, 1.807) is 4.52 Å². The topological polar surface area (TPSA) is 80.3 Å². The minimum Gasteiger partial charge on any atom is -0.352 e. The highest BCUT2D eigenvalue weighted by molar-refractivity contribution is 5.47. The molecule has 23 heavy (non-hydrogen) atoms. The number of hydrogen-bond donors (Lipinski definition) is 0. The van der Waals surface area contributed by atoms with Crippen LogP contribution in [0, 0.1) is 6.92 Å². The summed E-state index contributed by atoms with van der Waals surface area (Å²) in [6.45, 7) is 4.67. The van der Waals surface area contributed by atoms with Crippen molar-refractivity contribution in [1.29, 1.82) is 0 Å². The van der Waals surface area contributed by atoms with Crippen LogP contribution in [0.5, 0.6) is 0 Å².